The molecule has 0 aliphatic carbocycles. The highest BCUT2D eigenvalue weighted by molar-refractivity contribution is 5.77. The summed E-state index contributed by atoms with van der Waals surface area (Å²) in [4.78, 5) is 13.5. The van der Waals surface area contributed by atoms with Gasteiger partial charge >= 0.3 is 0 Å². The van der Waals surface area contributed by atoms with E-state index >= 15 is 0 Å². The van der Waals surface area contributed by atoms with Gasteiger partial charge < -0.3 is 10.0 Å². The van der Waals surface area contributed by atoms with Crippen LogP contribution in [0.3, 0.4) is 0 Å². The van der Waals surface area contributed by atoms with Crippen LogP contribution in [0.5, 0.6) is 0 Å². The minimum absolute atomic E-state index is 0.0626. The molecule has 1 fully saturated rings. The summed E-state index contributed by atoms with van der Waals surface area (Å²) >= 11 is 0. The van der Waals surface area contributed by atoms with Gasteiger partial charge in [0.15, 0.2) is 0 Å². The Morgan fingerprint density at radius 2 is 2.29 bits per heavy atom. The molecule has 0 aromatic carbocycles. The molecule has 0 aromatic rings. The predicted molar refractivity (Wildman–Crippen MR) is 55.9 cm³/mol. The molecule has 1 saturated heterocycles. The van der Waals surface area contributed by atoms with Gasteiger partial charge in [0, 0.05) is 13.0 Å². The van der Waals surface area contributed by atoms with E-state index in [-0.39, 0.29) is 18.6 Å². The number of nitrogens with zero attached hydrogens (tertiary/aromatic N) is 1. The molecular weight excluding hydrogens is 178 g/mol. The molecule has 1 heterocycles. The summed E-state index contributed by atoms with van der Waals surface area (Å²) in [5.41, 5.74) is 1.04. The van der Waals surface area contributed by atoms with Crippen molar-refractivity contribution >= 4 is 5.91 Å². The van der Waals surface area contributed by atoms with Crippen LogP contribution >= 0.6 is 0 Å². The number of aliphatic hydroxyl groups is 1. The van der Waals surface area contributed by atoms with E-state index in [4.69, 9.17) is 5.11 Å². The van der Waals surface area contributed by atoms with Gasteiger partial charge in [0.1, 0.15) is 0 Å². The highest BCUT2D eigenvalue weighted by Crippen LogP contribution is 2.18. The molecular formula is C11H19NO2. The van der Waals surface area contributed by atoms with Crippen LogP contribution < -0.4 is 0 Å². The quantitative estimate of drug-likeness (QED) is 0.691. The smallest absolute Gasteiger partial charge is 0.223 e. The number of hydrogen-bond acceptors (Lipinski definition) is 2. The molecule has 14 heavy (non-hydrogen) atoms. The number of allylic oxidation sites excluding steroid dienone is 1. The highest BCUT2D eigenvalue weighted by Gasteiger charge is 2.27. The van der Waals surface area contributed by atoms with E-state index in [1.807, 2.05) is 11.8 Å². The molecule has 0 unspecified atom stereocenters. The molecule has 0 bridgehead atoms. The second kappa shape index (κ2) is 5.15. The largest absolute Gasteiger partial charge is 0.394 e. The SMILES string of the molecule is C=C(C)CCC(=O)N1CCC[C@H]1CO. The number of hydrogen-bond donors (Lipinski definition) is 1. The van der Waals surface area contributed by atoms with Crippen molar-refractivity contribution in [2.24, 2.45) is 0 Å². The van der Waals surface area contributed by atoms with E-state index < -0.39 is 0 Å². The van der Waals surface area contributed by atoms with Crippen molar-refractivity contribution < 1.29 is 9.90 Å². The van der Waals surface area contributed by atoms with Crippen LogP contribution in [0.25, 0.3) is 0 Å². The van der Waals surface area contributed by atoms with Gasteiger partial charge in [-0.25, -0.2) is 0 Å². The van der Waals surface area contributed by atoms with Crippen LogP contribution in [-0.2, 0) is 4.79 Å². The summed E-state index contributed by atoms with van der Waals surface area (Å²) in [6.45, 7) is 6.61. The number of likely N-dealkylation sites (tertiary alicyclic amines) is 1. The Morgan fingerprint density at radius 3 is 2.86 bits per heavy atom. The monoisotopic (exact) mass is 197 g/mol. The second-order valence-electron chi connectivity index (χ2n) is 4.02. The summed E-state index contributed by atoms with van der Waals surface area (Å²) in [6.07, 6.45) is 3.25. The van der Waals surface area contributed by atoms with E-state index in [1.54, 1.807) is 0 Å². The molecule has 0 saturated carbocycles. The molecule has 1 N–H and O–H groups in total. The Labute approximate surface area is 85.4 Å². The third-order valence-electron chi connectivity index (χ3n) is 2.67. The van der Waals surface area contributed by atoms with Gasteiger partial charge in [0.25, 0.3) is 0 Å². The average molecular weight is 197 g/mol. The zero-order chi connectivity index (χ0) is 10.6. The normalized spacial score (nSPS) is 21.3. The van der Waals surface area contributed by atoms with Gasteiger partial charge in [-0.05, 0) is 26.2 Å². The lowest BCUT2D eigenvalue weighted by molar-refractivity contribution is -0.132. The minimum Gasteiger partial charge on any atom is -0.394 e. The van der Waals surface area contributed by atoms with Gasteiger partial charge in [0.05, 0.1) is 12.6 Å². The van der Waals surface area contributed by atoms with Gasteiger partial charge in [-0.15, -0.1) is 6.58 Å². The minimum atomic E-state index is 0.0626. The van der Waals surface area contributed by atoms with Crippen molar-refractivity contribution in [3.63, 3.8) is 0 Å². The molecule has 3 nitrogen and oxygen atoms in total. The summed E-state index contributed by atoms with van der Waals surface area (Å²) in [7, 11) is 0. The molecule has 3 heteroatoms. The van der Waals surface area contributed by atoms with Crippen molar-refractivity contribution in [3.05, 3.63) is 12.2 Å². The average Bonchev–Trinajstić information content (AvgIpc) is 2.61. The molecule has 1 aliphatic heterocycles. The number of amides is 1. The van der Waals surface area contributed by atoms with Crippen LogP contribution in [0, 0.1) is 0 Å². The molecule has 1 aliphatic rings. The zero-order valence-electron chi connectivity index (χ0n) is 8.83. The first-order chi connectivity index (χ1) is 6.65. The van der Waals surface area contributed by atoms with Crippen molar-refractivity contribution in [1.29, 1.82) is 0 Å². The topological polar surface area (TPSA) is 40.5 Å². The standard InChI is InChI=1S/C11H19NO2/c1-9(2)5-6-11(14)12-7-3-4-10(12)8-13/h10,13H,1,3-8H2,2H3/t10-/m0/s1. The van der Waals surface area contributed by atoms with Crippen molar-refractivity contribution in [2.45, 2.75) is 38.6 Å². The van der Waals surface area contributed by atoms with Gasteiger partial charge in [-0.1, -0.05) is 5.57 Å². The molecule has 0 aromatic heterocycles. The van der Waals surface area contributed by atoms with Gasteiger partial charge in [-0.3, -0.25) is 4.79 Å². The summed E-state index contributed by atoms with van der Waals surface area (Å²) in [6, 6.07) is 0.0626. The fourth-order valence-corrected chi connectivity index (χ4v) is 1.82. The first-order valence-electron chi connectivity index (χ1n) is 5.20. The Kier molecular flexibility index (Phi) is 4.14. The lowest BCUT2D eigenvalue weighted by Gasteiger charge is -2.22. The number of carbonyl (C=O) groups is 1. The highest BCUT2D eigenvalue weighted by atomic mass is 16.3. The lowest BCUT2D eigenvalue weighted by Crippen LogP contribution is -2.37. The number of aliphatic hydroxyl groups excluding tert-OH is 1. The predicted octanol–water partition coefficient (Wildman–Crippen LogP) is 1.33. The number of rotatable bonds is 4. The molecule has 0 spiro atoms. The fraction of sp³-hybridized carbons (Fsp3) is 0.727. The lowest BCUT2D eigenvalue weighted by atomic mass is 10.1. The third-order valence-corrected chi connectivity index (χ3v) is 2.67. The molecule has 80 valence electrons. The van der Waals surface area contributed by atoms with Crippen molar-refractivity contribution in [1.82, 2.24) is 4.90 Å². The van der Waals surface area contributed by atoms with Crippen molar-refractivity contribution in [3.8, 4) is 0 Å². The molecule has 0 radical (unpaired) electrons. The Hall–Kier alpha value is -0.830. The van der Waals surface area contributed by atoms with E-state index in [0.29, 0.717) is 6.42 Å². The first kappa shape index (κ1) is 11.2. The van der Waals surface area contributed by atoms with E-state index in [0.717, 1.165) is 31.4 Å². The Balaban J connectivity index is 2.39. The van der Waals surface area contributed by atoms with Crippen molar-refractivity contribution in [2.75, 3.05) is 13.2 Å². The Morgan fingerprint density at radius 1 is 1.57 bits per heavy atom. The second-order valence-corrected chi connectivity index (χ2v) is 4.02. The first-order valence-corrected chi connectivity index (χ1v) is 5.20. The summed E-state index contributed by atoms with van der Waals surface area (Å²) in [5, 5.41) is 9.05. The van der Waals surface area contributed by atoms with E-state index in [2.05, 4.69) is 6.58 Å². The number of carbonyl (C=O) groups excluding carboxylic acids is 1. The fourth-order valence-electron chi connectivity index (χ4n) is 1.82. The van der Waals surface area contributed by atoms with E-state index in [9.17, 15) is 4.79 Å². The van der Waals surface area contributed by atoms with E-state index in [1.165, 1.54) is 0 Å². The van der Waals surface area contributed by atoms with Gasteiger partial charge in [-0.2, -0.15) is 0 Å². The summed E-state index contributed by atoms with van der Waals surface area (Å²) < 4.78 is 0. The molecule has 1 rings (SSSR count). The zero-order valence-corrected chi connectivity index (χ0v) is 8.83. The van der Waals surface area contributed by atoms with Crippen LogP contribution in [0.15, 0.2) is 12.2 Å². The van der Waals surface area contributed by atoms with Crippen LogP contribution in [-0.4, -0.2) is 35.1 Å². The third kappa shape index (κ3) is 2.84. The Bertz CT molecular complexity index is 225. The van der Waals surface area contributed by atoms with Crippen LogP contribution in [0.2, 0.25) is 0 Å². The van der Waals surface area contributed by atoms with Gasteiger partial charge in [0.2, 0.25) is 5.91 Å². The maximum absolute atomic E-state index is 11.7. The molecule has 1 amide bonds. The van der Waals surface area contributed by atoms with Crippen LogP contribution in [0.1, 0.15) is 32.6 Å². The molecule has 1 atom stereocenters. The van der Waals surface area contributed by atoms with Crippen LogP contribution in [0.4, 0.5) is 0 Å². The maximum Gasteiger partial charge on any atom is 0.223 e. The maximum atomic E-state index is 11.7. The summed E-state index contributed by atoms with van der Waals surface area (Å²) in [5.74, 6) is 0.157.